The van der Waals surface area contributed by atoms with Crippen LogP contribution in [-0.2, 0) is 9.59 Å². The molecule has 31 heavy (non-hydrogen) atoms. The van der Waals surface area contributed by atoms with E-state index in [9.17, 15) is 19.7 Å². The number of carbonyl (C=O) groups excluding carboxylic acids is 2. The van der Waals surface area contributed by atoms with Crippen LogP contribution in [0.4, 0.5) is 5.69 Å². The van der Waals surface area contributed by atoms with Crippen LogP contribution >= 0.6 is 24.0 Å². The molecular formula is C22H21N3O4S2. The Morgan fingerprint density at radius 1 is 1.03 bits per heavy atom. The third-order valence-electron chi connectivity index (χ3n) is 4.78. The van der Waals surface area contributed by atoms with E-state index >= 15 is 0 Å². The molecule has 7 nitrogen and oxygen atoms in total. The van der Waals surface area contributed by atoms with Gasteiger partial charge in [0.15, 0.2) is 5.11 Å². The number of rotatable bonds is 6. The highest BCUT2D eigenvalue weighted by Crippen LogP contribution is 2.36. The predicted octanol–water partition coefficient (Wildman–Crippen LogP) is 4.43. The molecule has 0 unspecified atom stereocenters. The lowest BCUT2D eigenvalue weighted by Crippen LogP contribution is -2.55. The Balaban J connectivity index is 1.99. The number of carbonyl (C=O) groups is 2. The zero-order valence-corrected chi connectivity index (χ0v) is 19.0. The van der Waals surface area contributed by atoms with Crippen molar-refractivity contribution in [3.8, 4) is 0 Å². The fourth-order valence-electron chi connectivity index (χ4n) is 3.14. The van der Waals surface area contributed by atoms with Gasteiger partial charge in [-0.1, -0.05) is 35.5 Å². The first-order valence-electron chi connectivity index (χ1n) is 9.69. The largest absolute Gasteiger partial charge is 0.285 e. The normalized spacial score (nSPS) is 14.3. The van der Waals surface area contributed by atoms with Crippen molar-refractivity contribution in [2.75, 3.05) is 13.1 Å². The number of benzene rings is 2. The summed E-state index contributed by atoms with van der Waals surface area (Å²) in [5.41, 5.74) is 1.34. The van der Waals surface area contributed by atoms with E-state index < -0.39 is 16.7 Å². The van der Waals surface area contributed by atoms with Gasteiger partial charge in [-0.3, -0.25) is 29.5 Å². The maximum atomic E-state index is 12.8. The van der Waals surface area contributed by atoms with Crippen LogP contribution < -0.4 is 0 Å². The molecule has 0 bridgehead atoms. The zero-order chi connectivity index (χ0) is 22.7. The maximum absolute atomic E-state index is 12.8. The number of thiocarbonyl (C=S) groups is 1. The van der Waals surface area contributed by atoms with Crippen LogP contribution in [0.1, 0.15) is 25.0 Å². The lowest BCUT2D eigenvalue weighted by Gasteiger charge is -2.35. The van der Waals surface area contributed by atoms with Crippen molar-refractivity contribution in [3.05, 3.63) is 69.3 Å². The van der Waals surface area contributed by atoms with E-state index in [0.717, 1.165) is 10.5 Å². The Hall–Kier alpha value is -3.04. The van der Waals surface area contributed by atoms with Gasteiger partial charge in [-0.15, -0.1) is 0 Å². The van der Waals surface area contributed by atoms with Crippen molar-refractivity contribution in [3.63, 3.8) is 0 Å². The third kappa shape index (κ3) is 4.67. The molecule has 0 N–H and O–H groups in total. The van der Waals surface area contributed by atoms with Crippen molar-refractivity contribution in [2.45, 2.75) is 30.6 Å². The quantitative estimate of drug-likeness (QED) is 0.211. The standard InChI is InChI=1S/C22H21N3O4S2/c1-4-23-20(26)17(21(27)24(5-2)22(23)30)12-15-8-11-19(18(13-15)25(28)29)31-16-9-6-14(3)7-10-16/h6-13H,4-5H2,1-3H3. The molecule has 160 valence electrons. The molecule has 1 aliphatic heterocycles. The molecule has 9 heteroatoms. The number of nitro groups is 1. The van der Waals surface area contributed by atoms with Crippen molar-refractivity contribution in [1.29, 1.82) is 0 Å². The Morgan fingerprint density at radius 3 is 2.13 bits per heavy atom. The molecule has 3 rings (SSSR count). The summed E-state index contributed by atoms with van der Waals surface area (Å²) < 4.78 is 0. The molecule has 2 aromatic carbocycles. The van der Waals surface area contributed by atoms with Gasteiger partial charge in [0.2, 0.25) is 0 Å². The van der Waals surface area contributed by atoms with Gasteiger partial charge in [-0.05, 0) is 62.8 Å². The van der Waals surface area contributed by atoms with Gasteiger partial charge in [0, 0.05) is 24.1 Å². The second-order valence-electron chi connectivity index (χ2n) is 6.84. The molecule has 2 amide bonds. The molecule has 1 heterocycles. The lowest BCUT2D eigenvalue weighted by molar-refractivity contribution is -0.387. The highest BCUT2D eigenvalue weighted by Gasteiger charge is 2.37. The van der Waals surface area contributed by atoms with E-state index in [0.29, 0.717) is 23.5 Å². The highest BCUT2D eigenvalue weighted by atomic mass is 32.2. The second-order valence-corrected chi connectivity index (χ2v) is 8.32. The summed E-state index contributed by atoms with van der Waals surface area (Å²) in [6.45, 7) is 6.16. The Kier molecular flexibility index (Phi) is 6.87. The lowest BCUT2D eigenvalue weighted by atomic mass is 10.1. The van der Waals surface area contributed by atoms with E-state index in [4.69, 9.17) is 12.2 Å². The topological polar surface area (TPSA) is 83.8 Å². The summed E-state index contributed by atoms with van der Waals surface area (Å²) in [5, 5.41) is 11.9. The summed E-state index contributed by atoms with van der Waals surface area (Å²) in [6.07, 6.45) is 1.39. The van der Waals surface area contributed by atoms with Crippen LogP contribution in [0.25, 0.3) is 6.08 Å². The van der Waals surface area contributed by atoms with Crippen LogP contribution in [0.5, 0.6) is 0 Å². The maximum Gasteiger partial charge on any atom is 0.283 e. The number of nitrogens with zero attached hydrogens (tertiary/aromatic N) is 3. The van der Waals surface area contributed by atoms with Gasteiger partial charge < -0.3 is 0 Å². The molecule has 0 saturated carbocycles. The molecular weight excluding hydrogens is 434 g/mol. The average Bonchev–Trinajstić information content (AvgIpc) is 2.74. The number of hydrogen-bond acceptors (Lipinski definition) is 6. The molecule has 1 aliphatic rings. The predicted molar refractivity (Wildman–Crippen MR) is 124 cm³/mol. The fourth-order valence-corrected chi connectivity index (χ4v) is 4.46. The van der Waals surface area contributed by atoms with Crippen LogP contribution in [0.2, 0.25) is 0 Å². The molecule has 0 aliphatic carbocycles. The van der Waals surface area contributed by atoms with Crippen molar-refractivity contribution in [1.82, 2.24) is 9.80 Å². The van der Waals surface area contributed by atoms with Crippen LogP contribution in [-0.4, -0.2) is 44.7 Å². The monoisotopic (exact) mass is 455 g/mol. The molecule has 0 aromatic heterocycles. The van der Waals surface area contributed by atoms with Gasteiger partial charge >= 0.3 is 0 Å². The number of likely N-dealkylation sites (N-methyl/N-ethyl adjacent to an activating group) is 2. The smallest absolute Gasteiger partial charge is 0.283 e. The number of amides is 2. The van der Waals surface area contributed by atoms with E-state index in [1.54, 1.807) is 26.0 Å². The SMILES string of the molecule is CCN1C(=O)C(=Cc2ccc(Sc3ccc(C)cc3)c([N+](=O)[O-])c2)C(=O)N(CC)C1=S. The molecule has 0 spiro atoms. The van der Waals surface area contributed by atoms with Gasteiger partial charge in [-0.25, -0.2) is 0 Å². The van der Waals surface area contributed by atoms with Crippen molar-refractivity contribution in [2.24, 2.45) is 0 Å². The Bertz CT molecular complexity index is 1070. The van der Waals surface area contributed by atoms with E-state index in [-0.39, 0.29) is 16.4 Å². The first-order chi connectivity index (χ1) is 14.8. The molecule has 2 aromatic rings. The third-order valence-corrected chi connectivity index (χ3v) is 6.30. The van der Waals surface area contributed by atoms with Gasteiger partial charge in [0.25, 0.3) is 17.5 Å². The van der Waals surface area contributed by atoms with Crippen molar-refractivity contribution < 1.29 is 14.5 Å². The first-order valence-corrected chi connectivity index (χ1v) is 10.9. The Labute approximate surface area is 189 Å². The highest BCUT2D eigenvalue weighted by molar-refractivity contribution is 7.99. The van der Waals surface area contributed by atoms with Crippen molar-refractivity contribution >= 4 is 52.7 Å². The summed E-state index contributed by atoms with van der Waals surface area (Å²) in [4.78, 5) is 40.8. The number of nitro benzene ring substituents is 1. The summed E-state index contributed by atoms with van der Waals surface area (Å²) in [5.74, 6) is -0.995. The first kappa shape index (κ1) is 22.6. The van der Waals surface area contributed by atoms with Crippen LogP contribution in [0, 0.1) is 17.0 Å². The van der Waals surface area contributed by atoms with E-state index in [1.807, 2.05) is 31.2 Å². The summed E-state index contributed by atoms with van der Waals surface area (Å²) in [7, 11) is 0. The van der Waals surface area contributed by atoms with Crippen LogP contribution in [0.3, 0.4) is 0 Å². The second kappa shape index (κ2) is 9.40. The number of hydrogen-bond donors (Lipinski definition) is 0. The van der Waals surface area contributed by atoms with Gasteiger partial charge in [0.05, 0.1) is 9.82 Å². The zero-order valence-electron chi connectivity index (χ0n) is 17.3. The minimum absolute atomic E-state index is 0.0643. The van der Waals surface area contributed by atoms with Crippen LogP contribution in [0.15, 0.2) is 57.8 Å². The van der Waals surface area contributed by atoms with Gasteiger partial charge in [0.1, 0.15) is 5.57 Å². The average molecular weight is 456 g/mol. The summed E-state index contributed by atoms with van der Waals surface area (Å²) in [6, 6.07) is 12.4. The minimum atomic E-state index is -0.497. The van der Waals surface area contributed by atoms with E-state index in [1.165, 1.54) is 33.7 Å². The van der Waals surface area contributed by atoms with E-state index in [2.05, 4.69) is 0 Å². The number of aryl methyl sites for hydroxylation is 1. The summed E-state index contributed by atoms with van der Waals surface area (Å²) >= 11 is 6.54. The molecule has 0 atom stereocenters. The minimum Gasteiger partial charge on any atom is -0.285 e. The molecule has 0 radical (unpaired) electrons. The molecule has 1 saturated heterocycles. The molecule has 1 fully saturated rings. The fraction of sp³-hybridized carbons (Fsp3) is 0.227. The Morgan fingerprint density at radius 2 is 1.61 bits per heavy atom. The van der Waals surface area contributed by atoms with Gasteiger partial charge in [-0.2, -0.15) is 0 Å².